The topological polar surface area (TPSA) is 37.8 Å². The van der Waals surface area contributed by atoms with Gasteiger partial charge in [0.15, 0.2) is 5.13 Å². The Hall–Kier alpha value is -1.45. The molecule has 0 spiro atoms. The molecule has 0 aliphatic heterocycles. The average Bonchev–Trinajstić information content (AvgIpc) is 3.06. The molecule has 0 radical (unpaired) electrons. The maximum atomic E-state index is 13.2. The van der Waals surface area contributed by atoms with E-state index in [1.165, 1.54) is 28.7 Å². The first-order valence-electron chi connectivity index (χ1n) is 6.78. The zero-order valence-corrected chi connectivity index (χ0v) is 15.8. The molecule has 126 valence electrons. The molecule has 1 N–H and O–H groups in total. The van der Waals surface area contributed by atoms with Crippen molar-refractivity contribution in [2.24, 2.45) is 0 Å². The SMILES string of the molecule is Cc1nc(C)c(-c2csc(Nc3ccc(Br)cc3C(F)(F)F)n2)s1. The molecule has 3 rings (SSSR count). The first kappa shape index (κ1) is 17.4. The molecule has 0 saturated heterocycles. The van der Waals surface area contributed by atoms with E-state index in [-0.39, 0.29) is 5.69 Å². The van der Waals surface area contributed by atoms with E-state index in [1.54, 1.807) is 6.07 Å². The Morgan fingerprint density at radius 3 is 2.54 bits per heavy atom. The average molecular weight is 434 g/mol. The third-order valence-electron chi connectivity index (χ3n) is 3.17. The lowest BCUT2D eigenvalue weighted by molar-refractivity contribution is -0.137. The predicted octanol–water partition coefficient (Wildman–Crippen LogP) is 6.41. The number of aryl methyl sites for hydroxylation is 2. The van der Waals surface area contributed by atoms with Crippen LogP contribution in [0, 0.1) is 13.8 Å². The number of nitrogens with zero attached hydrogens (tertiary/aromatic N) is 2. The number of rotatable bonds is 3. The summed E-state index contributed by atoms with van der Waals surface area (Å²) in [7, 11) is 0. The summed E-state index contributed by atoms with van der Waals surface area (Å²) in [4.78, 5) is 9.67. The Bertz CT molecular complexity index is 886. The molecule has 0 amide bonds. The Balaban J connectivity index is 1.92. The monoisotopic (exact) mass is 433 g/mol. The summed E-state index contributed by atoms with van der Waals surface area (Å²) < 4.78 is 39.9. The molecule has 0 bridgehead atoms. The molecule has 3 aromatic rings. The Kier molecular flexibility index (Phi) is 4.67. The van der Waals surface area contributed by atoms with Crippen LogP contribution in [0.4, 0.5) is 24.0 Å². The standard InChI is InChI=1S/C15H11BrF3N3S2/c1-7-13(24-8(2)20-7)12-6-23-14(22-12)21-11-4-3-9(16)5-10(11)15(17,18)19/h3-6H,1-2H3,(H,21,22). The summed E-state index contributed by atoms with van der Waals surface area (Å²) in [6.45, 7) is 3.80. The molecule has 2 aromatic heterocycles. The van der Waals surface area contributed by atoms with E-state index in [2.05, 4.69) is 31.2 Å². The number of nitrogens with one attached hydrogen (secondary N) is 1. The molecule has 9 heteroatoms. The summed E-state index contributed by atoms with van der Waals surface area (Å²) >= 11 is 5.85. The lowest BCUT2D eigenvalue weighted by Gasteiger charge is -2.13. The molecule has 0 aliphatic carbocycles. The second-order valence-electron chi connectivity index (χ2n) is 5.00. The number of aromatic nitrogens is 2. The Morgan fingerprint density at radius 1 is 1.17 bits per heavy atom. The summed E-state index contributed by atoms with van der Waals surface area (Å²) in [5.74, 6) is 0. The van der Waals surface area contributed by atoms with Gasteiger partial charge in [0, 0.05) is 9.85 Å². The maximum Gasteiger partial charge on any atom is 0.418 e. The molecule has 2 heterocycles. The second-order valence-corrected chi connectivity index (χ2v) is 7.97. The molecule has 0 aliphatic rings. The van der Waals surface area contributed by atoms with Gasteiger partial charge in [-0.25, -0.2) is 9.97 Å². The molecule has 1 aromatic carbocycles. The van der Waals surface area contributed by atoms with E-state index < -0.39 is 11.7 Å². The third kappa shape index (κ3) is 3.62. The third-order valence-corrected chi connectivity index (χ3v) is 5.52. The van der Waals surface area contributed by atoms with Gasteiger partial charge in [-0.2, -0.15) is 13.2 Å². The highest BCUT2D eigenvalue weighted by molar-refractivity contribution is 9.10. The molecule has 0 unspecified atom stereocenters. The van der Waals surface area contributed by atoms with Crippen molar-refractivity contribution in [2.75, 3.05) is 5.32 Å². The lowest BCUT2D eigenvalue weighted by atomic mass is 10.1. The minimum atomic E-state index is -4.45. The van der Waals surface area contributed by atoms with Crippen molar-refractivity contribution in [3.63, 3.8) is 0 Å². The van der Waals surface area contributed by atoms with Gasteiger partial charge in [0.25, 0.3) is 0 Å². The highest BCUT2D eigenvalue weighted by Crippen LogP contribution is 2.39. The van der Waals surface area contributed by atoms with Crippen molar-refractivity contribution in [2.45, 2.75) is 20.0 Å². The van der Waals surface area contributed by atoms with Gasteiger partial charge in [-0.05, 0) is 32.0 Å². The van der Waals surface area contributed by atoms with Crippen LogP contribution in [0.15, 0.2) is 28.1 Å². The van der Waals surface area contributed by atoms with Crippen molar-refractivity contribution in [3.05, 3.63) is 44.3 Å². The number of halogens is 4. The smallest absolute Gasteiger partial charge is 0.331 e. The summed E-state index contributed by atoms with van der Waals surface area (Å²) in [6.07, 6.45) is -4.45. The van der Waals surface area contributed by atoms with Crippen molar-refractivity contribution in [3.8, 4) is 10.6 Å². The van der Waals surface area contributed by atoms with Gasteiger partial charge in [-0.1, -0.05) is 15.9 Å². The number of thiazole rings is 2. The normalized spacial score (nSPS) is 11.8. The minimum Gasteiger partial charge on any atom is -0.331 e. The fourth-order valence-electron chi connectivity index (χ4n) is 2.18. The van der Waals surface area contributed by atoms with Gasteiger partial charge in [-0.3, -0.25) is 0 Å². The van der Waals surface area contributed by atoms with Gasteiger partial charge in [0.2, 0.25) is 0 Å². The maximum absolute atomic E-state index is 13.2. The minimum absolute atomic E-state index is 0.0243. The zero-order valence-electron chi connectivity index (χ0n) is 12.5. The molecule has 3 nitrogen and oxygen atoms in total. The molecule has 0 saturated carbocycles. The van der Waals surface area contributed by atoms with E-state index >= 15 is 0 Å². The van der Waals surface area contributed by atoms with Crippen LogP contribution in [-0.2, 0) is 6.18 Å². The van der Waals surface area contributed by atoms with Crippen LogP contribution < -0.4 is 5.32 Å². The Labute approximate surface area is 152 Å². The van der Waals surface area contributed by atoms with Crippen LogP contribution in [0.5, 0.6) is 0 Å². The molecule has 24 heavy (non-hydrogen) atoms. The first-order valence-corrected chi connectivity index (χ1v) is 9.26. The number of benzene rings is 1. The summed E-state index contributed by atoms with van der Waals surface area (Å²) in [5.41, 5.74) is 0.826. The number of anilines is 2. The zero-order chi connectivity index (χ0) is 17.5. The fraction of sp³-hybridized carbons (Fsp3) is 0.200. The fourth-order valence-corrected chi connectivity index (χ4v) is 4.21. The lowest BCUT2D eigenvalue weighted by Crippen LogP contribution is -2.08. The van der Waals surface area contributed by atoms with Crippen molar-refractivity contribution >= 4 is 49.4 Å². The van der Waals surface area contributed by atoms with Crippen LogP contribution in [0.25, 0.3) is 10.6 Å². The molecule has 0 atom stereocenters. The summed E-state index contributed by atoms with van der Waals surface area (Å²) in [5, 5.41) is 5.92. The van der Waals surface area contributed by atoms with Gasteiger partial charge in [0.05, 0.1) is 32.5 Å². The van der Waals surface area contributed by atoms with Crippen LogP contribution in [0.1, 0.15) is 16.3 Å². The van der Waals surface area contributed by atoms with E-state index in [9.17, 15) is 13.2 Å². The number of alkyl halides is 3. The number of hydrogen-bond acceptors (Lipinski definition) is 5. The summed E-state index contributed by atoms with van der Waals surface area (Å²) in [6, 6.07) is 3.99. The molecular weight excluding hydrogens is 423 g/mol. The predicted molar refractivity (Wildman–Crippen MR) is 95.1 cm³/mol. The van der Waals surface area contributed by atoms with Crippen LogP contribution in [0.2, 0.25) is 0 Å². The molecule has 0 fully saturated rings. The van der Waals surface area contributed by atoms with E-state index in [0.717, 1.165) is 27.3 Å². The highest BCUT2D eigenvalue weighted by atomic mass is 79.9. The van der Waals surface area contributed by atoms with Crippen molar-refractivity contribution in [1.82, 2.24) is 9.97 Å². The van der Waals surface area contributed by atoms with Crippen LogP contribution in [-0.4, -0.2) is 9.97 Å². The van der Waals surface area contributed by atoms with Crippen LogP contribution >= 0.6 is 38.6 Å². The van der Waals surface area contributed by atoms with E-state index in [0.29, 0.717) is 9.60 Å². The van der Waals surface area contributed by atoms with Gasteiger partial charge < -0.3 is 5.32 Å². The second kappa shape index (κ2) is 6.45. The largest absolute Gasteiger partial charge is 0.418 e. The van der Waals surface area contributed by atoms with Gasteiger partial charge >= 0.3 is 6.18 Å². The quantitative estimate of drug-likeness (QED) is 0.518. The highest BCUT2D eigenvalue weighted by Gasteiger charge is 2.34. The first-order chi connectivity index (χ1) is 11.2. The Morgan fingerprint density at radius 2 is 1.92 bits per heavy atom. The van der Waals surface area contributed by atoms with Crippen molar-refractivity contribution in [1.29, 1.82) is 0 Å². The van der Waals surface area contributed by atoms with Gasteiger partial charge in [-0.15, -0.1) is 22.7 Å². The van der Waals surface area contributed by atoms with Crippen LogP contribution in [0.3, 0.4) is 0 Å². The van der Waals surface area contributed by atoms with Gasteiger partial charge in [0.1, 0.15) is 0 Å². The number of hydrogen-bond donors (Lipinski definition) is 1. The molecular formula is C15H11BrF3N3S2. The van der Waals surface area contributed by atoms with Crippen molar-refractivity contribution < 1.29 is 13.2 Å². The van der Waals surface area contributed by atoms with E-state index in [1.807, 2.05) is 19.2 Å². The van der Waals surface area contributed by atoms with E-state index in [4.69, 9.17) is 0 Å².